The van der Waals surface area contributed by atoms with E-state index in [0.29, 0.717) is 11.3 Å². The Balaban J connectivity index is 1.90. The van der Waals surface area contributed by atoms with Gasteiger partial charge in [-0.15, -0.1) is 11.8 Å². The number of benzene rings is 2. The van der Waals surface area contributed by atoms with E-state index in [1.165, 1.54) is 12.1 Å². The van der Waals surface area contributed by atoms with Gasteiger partial charge < -0.3 is 10.2 Å². The number of rotatable bonds is 3. The van der Waals surface area contributed by atoms with Crippen molar-refractivity contribution in [3.05, 3.63) is 53.8 Å². The lowest BCUT2D eigenvalue weighted by Gasteiger charge is -2.28. The van der Waals surface area contributed by atoms with Crippen LogP contribution in [0.1, 0.15) is 17.9 Å². The predicted molar refractivity (Wildman–Crippen MR) is 94.0 cm³/mol. The summed E-state index contributed by atoms with van der Waals surface area (Å²) in [7, 11) is 1.69. The zero-order valence-corrected chi connectivity index (χ0v) is 14.2. The van der Waals surface area contributed by atoms with E-state index in [2.05, 4.69) is 5.32 Å². The summed E-state index contributed by atoms with van der Waals surface area (Å²) in [5.41, 5.74) is 1.77. The van der Waals surface area contributed by atoms with Crippen LogP contribution in [-0.2, 0) is 9.59 Å². The first-order chi connectivity index (χ1) is 11.5. The number of nitrogens with one attached hydrogen (secondary N) is 1. The maximum absolute atomic E-state index is 13.4. The maximum Gasteiger partial charge on any atom is 0.234 e. The second kappa shape index (κ2) is 6.65. The van der Waals surface area contributed by atoms with Crippen LogP contribution in [0.5, 0.6) is 0 Å². The zero-order chi connectivity index (χ0) is 17.3. The molecular weight excluding hydrogens is 327 g/mol. The number of amides is 2. The molecule has 1 unspecified atom stereocenters. The molecule has 0 saturated carbocycles. The van der Waals surface area contributed by atoms with E-state index in [0.717, 1.165) is 10.6 Å². The quantitative estimate of drug-likeness (QED) is 0.865. The highest BCUT2D eigenvalue weighted by Crippen LogP contribution is 2.35. The van der Waals surface area contributed by atoms with Crippen LogP contribution in [0.2, 0.25) is 0 Å². The molecule has 0 saturated heterocycles. The van der Waals surface area contributed by atoms with Crippen LogP contribution in [0.25, 0.3) is 0 Å². The molecule has 0 spiro atoms. The average Bonchev–Trinajstić information content (AvgIpc) is 2.59. The molecule has 6 heteroatoms. The van der Waals surface area contributed by atoms with Gasteiger partial charge >= 0.3 is 0 Å². The number of likely N-dealkylation sites (N-methyl/N-ethyl adjacent to an activating group) is 1. The fourth-order valence-electron chi connectivity index (χ4n) is 2.82. The normalized spacial score (nSPS) is 16.3. The van der Waals surface area contributed by atoms with Gasteiger partial charge in [-0.1, -0.05) is 6.07 Å². The smallest absolute Gasteiger partial charge is 0.234 e. The van der Waals surface area contributed by atoms with Crippen LogP contribution >= 0.6 is 11.8 Å². The van der Waals surface area contributed by atoms with Crippen molar-refractivity contribution in [1.29, 1.82) is 0 Å². The number of nitrogens with zero attached hydrogens (tertiary/aromatic N) is 1. The molecule has 3 rings (SSSR count). The fourth-order valence-corrected chi connectivity index (χ4v) is 3.23. The minimum Gasteiger partial charge on any atom is -0.326 e. The number of anilines is 2. The SMILES string of the molecule is CSc1ccc(N(C)C(=O)C2CC(=O)Nc3cc(F)ccc32)cc1. The first kappa shape index (κ1) is 16.5. The molecule has 1 aliphatic heterocycles. The largest absolute Gasteiger partial charge is 0.326 e. The topological polar surface area (TPSA) is 49.4 Å². The van der Waals surface area contributed by atoms with E-state index >= 15 is 0 Å². The highest BCUT2D eigenvalue weighted by molar-refractivity contribution is 7.98. The summed E-state index contributed by atoms with van der Waals surface area (Å²) in [6.07, 6.45) is 2.05. The molecule has 0 aromatic heterocycles. The van der Waals surface area contributed by atoms with Gasteiger partial charge in [0.2, 0.25) is 11.8 Å². The Morgan fingerprint density at radius 2 is 1.96 bits per heavy atom. The minimum absolute atomic E-state index is 0.0602. The van der Waals surface area contributed by atoms with Crippen molar-refractivity contribution < 1.29 is 14.0 Å². The molecular formula is C18H17FN2O2S. The van der Waals surface area contributed by atoms with Gasteiger partial charge in [0.25, 0.3) is 0 Å². The lowest BCUT2D eigenvalue weighted by Crippen LogP contribution is -2.36. The van der Waals surface area contributed by atoms with E-state index in [-0.39, 0.29) is 18.2 Å². The Bertz CT molecular complexity index is 792. The maximum atomic E-state index is 13.4. The monoisotopic (exact) mass is 344 g/mol. The first-order valence-electron chi connectivity index (χ1n) is 7.50. The molecule has 1 aliphatic rings. The van der Waals surface area contributed by atoms with E-state index in [4.69, 9.17) is 0 Å². The third kappa shape index (κ3) is 3.14. The molecule has 1 atom stereocenters. The number of carbonyl (C=O) groups is 2. The lowest BCUT2D eigenvalue weighted by molar-refractivity contribution is -0.124. The third-order valence-electron chi connectivity index (χ3n) is 4.14. The Morgan fingerprint density at radius 1 is 1.25 bits per heavy atom. The van der Waals surface area contributed by atoms with Crippen LogP contribution < -0.4 is 10.2 Å². The van der Waals surface area contributed by atoms with E-state index in [1.54, 1.807) is 29.8 Å². The van der Waals surface area contributed by atoms with Crippen LogP contribution in [0.15, 0.2) is 47.4 Å². The molecule has 2 aromatic carbocycles. The predicted octanol–water partition coefficient (Wildman–Crippen LogP) is 3.64. The molecule has 2 amide bonds. The second-order valence-electron chi connectivity index (χ2n) is 5.63. The number of fused-ring (bicyclic) bond motifs is 1. The molecule has 0 fully saturated rings. The summed E-state index contributed by atoms with van der Waals surface area (Å²) in [5.74, 6) is -1.52. The van der Waals surface area contributed by atoms with Crippen molar-refractivity contribution >= 4 is 35.0 Å². The Hall–Kier alpha value is -2.34. The van der Waals surface area contributed by atoms with Crippen LogP contribution in [-0.4, -0.2) is 25.1 Å². The summed E-state index contributed by atoms with van der Waals surface area (Å²) < 4.78 is 13.4. The lowest BCUT2D eigenvalue weighted by atomic mass is 9.89. The van der Waals surface area contributed by atoms with Crippen molar-refractivity contribution in [2.75, 3.05) is 23.5 Å². The van der Waals surface area contributed by atoms with Crippen molar-refractivity contribution in [1.82, 2.24) is 0 Å². The fraction of sp³-hybridized carbons (Fsp3) is 0.222. The van der Waals surface area contributed by atoms with Gasteiger partial charge in [0.1, 0.15) is 5.82 Å². The molecule has 2 aromatic rings. The molecule has 124 valence electrons. The summed E-state index contributed by atoms with van der Waals surface area (Å²) in [6, 6.07) is 11.8. The first-order valence-corrected chi connectivity index (χ1v) is 8.73. The number of hydrogen-bond acceptors (Lipinski definition) is 3. The minimum atomic E-state index is -0.612. The zero-order valence-electron chi connectivity index (χ0n) is 13.4. The van der Waals surface area contributed by atoms with Gasteiger partial charge in [0.15, 0.2) is 0 Å². The van der Waals surface area contributed by atoms with Gasteiger partial charge in [0.05, 0.1) is 5.92 Å². The molecule has 24 heavy (non-hydrogen) atoms. The molecule has 1 N–H and O–H groups in total. The van der Waals surface area contributed by atoms with Crippen LogP contribution in [0, 0.1) is 5.82 Å². The Labute approximate surface area is 144 Å². The summed E-state index contributed by atoms with van der Waals surface area (Å²) >= 11 is 1.63. The number of halogens is 1. The van der Waals surface area contributed by atoms with Gasteiger partial charge in [-0.25, -0.2) is 4.39 Å². The molecule has 1 heterocycles. The van der Waals surface area contributed by atoms with Crippen molar-refractivity contribution in [2.24, 2.45) is 0 Å². The van der Waals surface area contributed by atoms with Crippen LogP contribution in [0.3, 0.4) is 0 Å². The van der Waals surface area contributed by atoms with Gasteiger partial charge in [0, 0.05) is 29.7 Å². The van der Waals surface area contributed by atoms with Crippen molar-refractivity contribution in [2.45, 2.75) is 17.2 Å². The molecule has 0 radical (unpaired) electrons. The second-order valence-corrected chi connectivity index (χ2v) is 6.51. The average molecular weight is 344 g/mol. The van der Waals surface area contributed by atoms with E-state index in [9.17, 15) is 14.0 Å². The highest BCUT2D eigenvalue weighted by atomic mass is 32.2. The molecule has 0 bridgehead atoms. The summed E-state index contributed by atoms with van der Waals surface area (Å²) in [6.45, 7) is 0. The Morgan fingerprint density at radius 3 is 2.62 bits per heavy atom. The van der Waals surface area contributed by atoms with Crippen molar-refractivity contribution in [3.63, 3.8) is 0 Å². The van der Waals surface area contributed by atoms with Gasteiger partial charge in [-0.3, -0.25) is 9.59 Å². The van der Waals surface area contributed by atoms with E-state index < -0.39 is 11.7 Å². The highest BCUT2D eigenvalue weighted by Gasteiger charge is 2.33. The summed E-state index contributed by atoms with van der Waals surface area (Å²) in [5, 5.41) is 2.63. The molecule has 0 aliphatic carbocycles. The van der Waals surface area contributed by atoms with Gasteiger partial charge in [-0.05, 0) is 48.2 Å². The van der Waals surface area contributed by atoms with Crippen LogP contribution in [0.4, 0.5) is 15.8 Å². The number of carbonyl (C=O) groups excluding carboxylic acids is 2. The molecule has 4 nitrogen and oxygen atoms in total. The standard InChI is InChI=1S/C18H17FN2O2S/c1-21(12-4-6-13(24-2)7-5-12)18(23)15-10-17(22)20-16-9-11(19)3-8-14(15)16/h3-9,15H,10H2,1-2H3,(H,20,22). The third-order valence-corrected chi connectivity index (χ3v) is 4.89. The number of hydrogen-bond donors (Lipinski definition) is 1. The van der Waals surface area contributed by atoms with E-state index in [1.807, 2.05) is 30.5 Å². The van der Waals surface area contributed by atoms with Crippen molar-refractivity contribution in [3.8, 4) is 0 Å². The van der Waals surface area contributed by atoms with Gasteiger partial charge in [-0.2, -0.15) is 0 Å². The Kier molecular flexibility index (Phi) is 4.57. The summed E-state index contributed by atoms with van der Waals surface area (Å²) in [4.78, 5) is 27.4. The number of thioether (sulfide) groups is 1.